The van der Waals surface area contributed by atoms with Crippen LogP contribution >= 0.6 is 22.9 Å². The molecular weight excluding hydrogens is 414 g/mol. The molecule has 2 fully saturated rings. The topological polar surface area (TPSA) is 92.5 Å². The fourth-order valence-electron chi connectivity index (χ4n) is 3.94. The third-order valence-corrected chi connectivity index (χ3v) is 7.08. The minimum atomic E-state index is -0.573. The number of anilines is 1. The molecule has 29 heavy (non-hydrogen) atoms. The zero-order chi connectivity index (χ0) is 20.4. The Kier molecular flexibility index (Phi) is 5.96. The Morgan fingerprint density at radius 1 is 1.14 bits per heavy atom. The maximum atomic E-state index is 12.8. The molecule has 0 atom stereocenters. The summed E-state index contributed by atoms with van der Waals surface area (Å²) in [5.41, 5.74) is 0.0327. The molecule has 154 valence electrons. The highest BCUT2D eigenvalue weighted by molar-refractivity contribution is 7.15. The van der Waals surface area contributed by atoms with Crippen LogP contribution in [0.4, 0.5) is 10.8 Å². The van der Waals surface area contributed by atoms with Crippen molar-refractivity contribution in [2.24, 2.45) is 0 Å². The summed E-state index contributed by atoms with van der Waals surface area (Å²) < 4.78 is 0. The number of aromatic nitrogens is 2. The van der Waals surface area contributed by atoms with Crippen molar-refractivity contribution in [3.63, 3.8) is 0 Å². The molecule has 4 rings (SSSR count). The van der Waals surface area contributed by atoms with E-state index in [0.29, 0.717) is 32.1 Å². The molecule has 0 spiro atoms. The van der Waals surface area contributed by atoms with E-state index in [1.165, 1.54) is 50.3 Å². The van der Waals surface area contributed by atoms with Gasteiger partial charge in [0.2, 0.25) is 5.13 Å². The van der Waals surface area contributed by atoms with Crippen molar-refractivity contribution in [2.75, 3.05) is 31.1 Å². The first kappa shape index (κ1) is 20.0. The Balaban J connectivity index is 1.38. The largest absolute Gasteiger partial charge is 0.343 e. The lowest BCUT2D eigenvalue weighted by atomic mass is 9.90. The number of hydrogen-bond acceptors (Lipinski definition) is 7. The van der Waals surface area contributed by atoms with E-state index >= 15 is 0 Å². The Morgan fingerprint density at radius 2 is 1.86 bits per heavy atom. The van der Waals surface area contributed by atoms with Gasteiger partial charge in [0.25, 0.3) is 11.6 Å². The fourth-order valence-corrected chi connectivity index (χ4v) is 5.19. The molecule has 1 aromatic carbocycles. The van der Waals surface area contributed by atoms with Gasteiger partial charge in [-0.3, -0.25) is 14.9 Å². The normalized spacial score (nSPS) is 18.1. The van der Waals surface area contributed by atoms with Gasteiger partial charge >= 0.3 is 0 Å². The second kappa shape index (κ2) is 8.62. The molecule has 1 aromatic heterocycles. The van der Waals surface area contributed by atoms with E-state index in [-0.39, 0.29) is 22.2 Å². The summed E-state index contributed by atoms with van der Waals surface area (Å²) in [5, 5.41) is 21.9. The van der Waals surface area contributed by atoms with Gasteiger partial charge in [0, 0.05) is 43.7 Å². The van der Waals surface area contributed by atoms with Crippen molar-refractivity contribution in [1.82, 2.24) is 15.1 Å². The summed E-state index contributed by atoms with van der Waals surface area (Å²) in [6.45, 7) is 2.41. The number of rotatable bonds is 4. The number of hydrogen-bond donors (Lipinski definition) is 0. The van der Waals surface area contributed by atoms with Crippen LogP contribution in [0.1, 0.15) is 53.4 Å². The molecule has 0 N–H and O–H groups in total. The van der Waals surface area contributed by atoms with E-state index in [1.54, 1.807) is 16.2 Å². The number of nitro benzene ring substituents is 1. The fraction of sp³-hybridized carbons (Fsp3) is 0.526. The maximum Gasteiger partial charge on any atom is 0.288 e. The molecule has 0 bridgehead atoms. The van der Waals surface area contributed by atoms with E-state index in [2.05, 4.69) is 15.1 Å². The monoisotopic (exact) mass is 435 g/mol. The Morgan fingerprint density at radius 3 is 2.55 bits per heavy atom. The number of nitro groups is 1. The van der Waals surface area contributed by atoms with Gasteiger partial charge in [-0.15, -0.1) is 10.2 Å². The summed E-state index contributed by atoms with van der Waals surface area (Å²) in [6, 6.07) is 4.18. The van der Waals surface area contributed by atoms with E-state index in [4.69, 9.17) is 11.6 Å². The first-order valence-corrected chi connectivity index (χ1v) is 11.0. The quantitative estimate of drug-likeness (QED) is 0.530. The van der Waals surface area contributed by atoms with Crippen molar-refractivity contribution >= 4 is 39.7 Å². The SMILES string of the molecule is O=C(c1ccc(Cl)c([N+](=O)[O-])c1)N1CCN(c2nnc(C3CCCCC3)s2)CC1. The van der Waals surface area contributed by atoms with Crippen molar-refractivity contribution in [2.45, 2.75) is 38.0 Å². The highest BCUT2D eigenvalue weighted by atomic mass is 35.5. The van der Waals surface area contributed by atoms with Gasteiger partial charge < -0.3 is 9.80 Å². The number of benzene rings is 1. The predicted molar refractivity (Wildman–Crippen MR) is 112 cm³/mol. The van der Waals surface area contributed by atoms with Gasteiger partial charge in [-0.1, -0.05) is 42.2 Å². The van der Waals surface area contributed by atoms with Crippen molar-refractivity contribution in [3.8, 4) is 0 Å². The number of carbonyl (C=O) groups excluding carboxylic acids is 1. The Hall–Kier alpha value is -2.26. The van der Waals surface area contributed by atoms with Crippen LogP contribution in [0.2, 0.25) is 5.02 Å². The van der Waals surface area contributed by atoms with E-state index < -0.39 is 4.92 Å². The van der Waals surface area contributed by atoms with Gasteiger partial charge in [0.1, 0.15) is 10.0 Å². The van der Waals surface area contributed by atoms with Crippen LogP contribution in [0.25, 0.3) is 0 Å². The van der Waals surface area contributed by atoms with E-state index in [1.807, 2.05) is 0 Å². The van der Waals surface area contributed by atoms with Crippen molar-refractivity contribution in [3.05, 3.63) is 43.9 Å². The molecule has 2 aliphatic rings. The summed E-state index contributed by atoms with van der Waals surface area (Å²) in [4.78, 5) is 27.1. The molecule has 1 amide bonds. The van der Waals surface area contributed by atoms with Gasteiger partial charge in [-0.25, -0.2) is 0 Å². The molecular formula is C19H22ClN5O3S. The van der Waals surface area contributed by atoms with Crippen LogP contribution in [0.3, 0.4) is 0 Å². The minimum Gasteiger partial charge on any atom is -0.343 e. The molecule has 0 radical (unpaired) electrons. The average Bonchev–Trinajstić information content (AvgIpc) is 3.24. The molecule has 1 aliphatic carbocycles. The Labute approximate surface area is 177 Å². The van der Waals surface area contributed by atoms with Crippen LogP contribution in [0.5, 0.6) is 0 Å². The third kappa shape index (κ3) is 4.35. The van der Waals surface area contributed by atoms with Crippen molar-refractivity contribution in [1.29, 1.82) is 0 Å². The van der Waals surface area contributed by atoms with Gasteiger partial charge in [-0.2, -0.15) is 0 Å². The van der Waals surface area contributed by atoms with E-state index in [9.17, 15) is 14.9 Å². The minimum absolute atomic E-state index is 0.0291. The van der Waals surface area contributed by atoms with Gasteiger partial charge in [-0.05, 0) is 25.0 Å². The van der Waals surface area contributed by atoms with Gasteiger partial charge in [0.15, 0.2) is 0 Å². The number of nitrogens with zero attached hydrogens (tertiary/aromatic N) is 5. The van der Waals surface area contributed by atoms with Crippen molar-refractivity contribution < 1.29 is 9.72 Å². The summed E-state index contributed by atoms with van der Waals surface area (Å²) in [6.07, 6.45) is 6.25. The number of amides is 1. The van der Waals surface area contributed by atoms with Crippen LogP contribution < -0.4 is 4.90 Å². The molecule has 1 saturated heterocycles. The second-order valence-corrected chi connectivity index (χ2v) is 8.86. The first-order chi connectivity index (χ1) is 14.0. The lowest BCUT2D eigenvalue weighted by molar-refractivity contribution is -0.384. The van der Waals surface area contributed by atoms with E-state index in [0.717, 1.165) is 10.1 Å². The summed E-state index contributed by atoms with van der Waals surface area (Å²) in [7, 11) is 0. The number of halogens is 1. The zero-order valence-electron chi connectivity index (χ0n) is 15.9. The molecule has 10 heteroatoms. The zero-order valence-corrected chi connectivity index (χ0v) is 17.5. The maximum absolute atomic E-state index is 12.8. The molecule has 2 heterocycles. The number of piperazine rings is 1. The summed E-state index contributed by atoms with van der Waals surface area (Å²) >= 11 is 7.51. The van der Waals surface area contributed by atoms with Crippen LogP contribution in [-0.4, -0.2) is 52.1 Å². The number of carbonyl (C=O) groups is 1. The first-order valence-electron chi connectivity index (χ1n) is 9.84. The molecule has 2 aromatic rings. The average molecular weight is 436 g/mol. The third-order valence-electron chi connectivity index (χ3n) is 5.61. The predicted octanol–water partition coefficient (Wildman–Crippen LogP) is 4.11. The smallest absolute Gasteiger partial charge is 0.288 e. The Bertz CT molecular complexity index is 907. The lowest BCUT2D eigenvalue weighted by Gasteiger charge is -2.34. The van der Waals surface area contributed by atoms with Crippen LogP contribution in [-0.2, 0) is 0 Å². The van der Waals surface area contributed by atoms with Gasteiger partial charge in [0.05, 0.1) is 4.92 Å². The second-order valence-electron chi connectivity index (χ2n) is 7.46. The lowest BCUT2D eigenvalue weighted by Crippen LogP contribution is -2.48. The van der Waals surface area contributed by atoms with Crippen LogP contribution in [0.15, 0.2) is 18.2 Å². The van der Waals surface area contributed by atoms with Crippen LogP contribution in [0, 0.1) is 10.1 Å². The highest BCUT2D eigenvalue weighted by Crippen LogP contribution is 2.36. The molecule has 1 saturated carbocycles. The highest BCUT2D eigenvalue weighted by Gasteiger charge is 2.27. The standard InChI is InChI=1S/C19H22ClN5O3S/c20-15-7-6-14(12-16(15)25(27)28)18(26)23-8-10-24(11-9-23)19-22-21-17(29-19)13-4-2-1-3-5-13/h6-7,12-13H,1-5,8-11H2. The summed E-state index contributed by atoms with van der Waals surface area (Å²) in [5.74, 6) is 0.322. The molecule has 0 unspecified atom stereocenters. The molecule has 8 nitrogen and oxygen atoms in total. The molecule has 1 aliphatic heterocycles.